The fourth-order valence-corrected chi connectivity index (χ4v) is 3.87. The maximum atomic E-state index is 12.8. The minimum atomic E-state index is -0.732. The largest absolute Gasteiger partial charge is 0.491 e. The molecule has 0 amide bonds. The Balaban J connectivity index is 1.90. The van der Waals surface area contributed by atoms with Gasteiger partial charge in [-0.15, -0.1) is 0 Å². The van der Waals surface area contributed by atoms with Crippen LogP contribution in [0.2, 0.25) is 0 Å². The standard InChI is InChI=1S/C26H34N2O5/c1-5-19(15-29)27-14-21(30)16-33-22-11-12-24-23(13-22)25(26(31)32-6-2)18(4)28(24)20-9-7-17(3)8-10-20/h7-13,19,21,27,29-30H,5-6,14-16H2,1-4H3/t19-,21-/m1/s1. The van der Waals surface area contributed by atoms with Crippen molar-refractivity contribution >= 4 is 16.9 Å². The average molecular weight is 455 g/mol. The molecule has 1 heterocycles. The van der Waals surface area contributed by atoms with Crippen molar-refractivity contribution in [3.05, 3.63) is 59.3 Å². The quantitative estimate of drug-likeness (QED) is 0.384. The summed E-state index contributed by atoms with van der Waals surface area (Å²) in [5.41, 5.74) is 4.30. The molecule has 0 spiro atoms. The minimum Gasteiger partial charge on any atom is -0.491 e. The van der Waals surface area contributed by atoms with Crippen LogP contribution in [0.25, 0.3) is 16.6 Å². The lowest BCUT2D eigenvalue weighted by Crippen LogP contribution is -2.39. The zero-order valence-electron chi connectivity index (χ0n) is 19.8. The maximum Gasteiger partial charge on any atom is 0.340 e. The molecular formula is C26H34N2O5. The Morgan fingerprint density at radius 2 is 1.85 bits per heavy atom. The molecular weight excluding hydrogens is 420 g/mol. The van der Waals surface area contributed by atoms with E-state index in [1.165, 1.54) is 0 Å². The summed E-state index contributed by atoms with van der Waals surface area (Å²) in [7, 11) is 0. The molecule has 0 aliphatic heterocycles. The van der Waals surface area contributed by atoms with E-state index in [4.69, 9.17) is 9.47 Å². The number of nitrogens with zero attached hydrogens (tertiary/aromatic N) is 1. The smallest absolute Gasteiger partial charge is 0.340 e. The number of hydrogen-bond donors (Lipinski definition) is 3. The summed E-state index contributed by atoms with van der Waals surface area (Å²) in [4.78, 5) is 12.8. The number of carbonyl (C=O) groups excluding carboxylic acids is 1. The predicted octanol–water partition coefficient (Wildman–Crippen LogP) is 3.52. The summed E-state index contributed by atoms with van der Waals surface area (Å²) >= 11 is 0. The van der Waals surface area contributed by atoms with Gasteiger partial charge in [-0.1, -0.05) is 24.6 Å². The van der Waals surface area contributed by atoms with Crippen molar-refractivity contribution in [2.75, 3.05) is 26.4 Å². The molecule has 7 heteroatoms. The second kappa shape index (κ2) is 11.3. The van der Waals surface area contributed by atoms with Gasteiger partial charge in [0.25, 0.3) is 0 Å². The monoisotopic (exact) mass is 454 g/mol. The number of fused-ring (bicyclic) bond motifs is 1. The van der Waals surface area contributed by atoms with Gasteiger partial charge < -0.3 is 29.6 Å². The van der Waals surface area contributed by atoms with Gasteiger partial charge in [-0.05, 0) is 57.5 Å². The molecule has 1 aromatic heterocycles. The Bertz CT molecular complexity index is 1070. The molecule has 0 bridgehead atoms. The normalized spacial score (nSPS) is 13.2. The van der Waals surface area contributed by atoms with Crippen LogP contribution in [0.1, 0.15) is 41.9 Å². The highest BCUT2D eigenvalue weighted by Crippen LogP contribution is 2.32. The molecule has 3 N–H and O–H groups in total. The summed E-state index contributed by atoms with van der Waals surface area (Å²) in [6, 6.07) is 13.7. The first-order chi connectivity index (χ1) is 15.9. The molecule has 33 heavy (non-hydrogen) atoms. The summed E-state index contributed by atoms with van der Waals surface area (Å²) in [5, 5.41) is 23.4. The number of hydrogen-bond acceptors (Lipinski definition) is 6. The Labute approximate surface area is 194 Å². The number of aromatic nitrogens is 1. The molecule has 0 unspecified atom stereocenters. The van der Waals surface area contributed by atoms with E-state index in [0.717, 1.165) is 34.3 Å². The number of aliphatic hydroxyl groups excluding tert-OH is 2. The number of rotatable bonds is 11. The van der Waals surface area contributed by atoms with E-state index in [2.05, 4.69) is 5.32 Å². The highest BCUT2D eigenvalue weighted by Gasteiger charge is 2.22. The second-order valence-electron chi connectivity index (χ2n) is 8.19. The number of nitrogens with one attached hydrogen (secondary N) is 1. The highest BCUT2D eigenvalue weighted by atomic mass is 16.5. The van der Waals surface area contributed by atoms with Gasteiger partial charge in [-0.3, -0.25) is 0 Å². The van der Waals surface area contributed by atoms with E-state index in [9.17, 15) is 15.0 Å². The van der Waals surface area contributed by atoms with Crippen LogP contribution in [0.3, 0.4) is 0 Å². The Morgan fingerprint density at radius 1 is 1.12 bits per heavy atom. The summed E-state index contributed by atoms with van der Waals surface area (Å²) in [6.45, 7) is 8.42. The number of aliphatic hydroxyl groups is 2. The van der Waals surface area contributed by atoms with Crippen molar-refractivity contribution in [2.45, 2.75) is 46.3 Å². The van der Waals surface area contributed by atoms with Crippen LogP contribution < -0.4 is 10.1 Å². The van der Waals surface area contributed by atoms with Crippen molar-refractivity contribution in [3.8, 4) is 11.4 Å². The lowest BCUT2D eigenvalue weighted by atomic mass is 10.1. The van der Waals surface area contributed by atoms with Crippen LogP contribution in [0.15, 0.2) is 42.5 Å². The molecule has 0 saturated heterocycles. The van der Waals surface area contributed by atoms with E-state index < -0.39 is 6.10 Å². The number of aryl methyl sites for hydroxylation is 1. The third-order valence-corrected chi connectivity index (χ3v) is 5.74. The third-order valence-electron chi connectivity index (χ3n) is 5.74. The Hall–Kier alpha value is -2.87. The third kappa shape index (κ3) is 5.74. The summed E-state index contributed by atoms with van der Waals surface area (Å²) in [5.74, 6) is 0.184. The van der Waals surface area contributed by atoms with Crippen LogP contribution in [0.4, 0.5) is 0 Å². The predicted molar refractivity (Wildman–Crippen MR) is 129 cm³/mol. The van der Waals surface area contributed by atoms with Crippen molar-refractivity contribution in [1.82, 2.24) is 9.88 Å². The molecule has 2 aromatic carbocycles. The molecule has 2 atom stereocenters. The fourth-order valence-electron chi connectivity index (χ4n) is 3.87. The minimum absolute atomic E-state index is 0.0225. The van der Waals surface area contributed by atoms with Crippen molar-refractivity contribution in [1.29, 1.82) is 0 Å². The Kier molecular flexibility index (Phi) is 8.49. The van der Waals surface area contributed by atoms with Crippen LogP contribution >= 0.6 is 0 Å². The van der Waals surface area contributed by atoms with E-state index in [-0.39, 0.29) is 31.8 Å². The van der Waals surface area contributed by atoms with Gasteiger partial charge in [0.1, 0.15) is 18.5 Å². The van der Waals surface area contributed by atoms with Gasteiger partial charge in [0, 0.05) is 29.4 Å². The van der Waals surface area contributed by atoms with Crippen LogP contribution in [0, 0.1) is 13.8 Å². The molecule has 3 aromatic rings. The number of carbonyl (C=O) groups is 1. The maximum absolute atomic E-state index is 12.8. The van der Waals surface area contributed by atoms with Gasteiger partial charge in [0.05, 0.1) is 24.3 Å². The molecule has 0 aliphatic rings. The first-order valence-corrected chi connectivity index (χ1v) is 11.4. The fraction of sp³-hybridized carbons (Fsp3) is 0.423. The van der Waals surface area contributed by atoms with Crippen LogP contribution in [0.5, 0.6) is 5.75 Å². The zero-order valence-corrected chi connectivity index (χ0v) is 19.8. The molecule has 7 nitrogen and oxygen atoms in total. The topological polar surface area (TPSA) is 93.0 Å². The van der Waals surface area contributed by atoms with E-state index in [1.54, 1.807) is 6.92 Å². The van der Waals surface area contributed by atoms with Gasteiger partial charge in [-0.2, -0.15) is 0 Å². The lowest BCUT2D eigenvalue weighted by Gasteiger charge is -2.18. The molecule has 0 saturated carbocycles. The molecule has 0 radical (unpaired) electrons. The van der Waals surface area contributed by atoms with Gasteiger partial charge >= 0.3 is 5.97 Å². The van der Waals surface area contributed by atoms with Gasteiger partial charge in [0.2, 0.25) is 0 Å². The highest BCUT2D eigenvalue weighted by molar-refractivity contribution is 6.07. The van der Waals surface area contributed by atoms with Gasteiger partial charge in [-0.25, -0.2) is 4.79 Å². The molecule has 3 rings (SSSR count). The summed E-state index contributed by atoms with van der Waals surface area (Å²) in [6.07, 6.45) is 0.0408. The first-order valence-electron chi connectivity index (χ1n) is 11.4. The number of benzene rings is 2. The SMILES string of the molecule is CCOC(=O)c1c(C)n(-c2ccc(C)cc2)c2ccc(OC[C@H](O)CN[C@H](CC)CO)cc12. The zero-order chi connectivity index (χ0) is 24.0. The molecule has 0 aliphatic carbocycles. The van der Waals surface area contributed by atoms with Crippen molar-refractivity contribution < 1.29 is 24.5 Å². The van der Waals surface area contributed by atoms with E-state index in [1.807, 2.05) is 67.8 Å². The summed E-state index contributed by atoms with van der Waals surface area (Å²) < 4.78 is 13.2. The second-order valence-corrected chi connectivity index (χ2v) is 8.19. The number of ether oxygens (including phenoxy) is 2. The van der Waals surface area contributed by atoms with E-state index >= 15 is 0 Å². The Morgan fingerprint density at radius 3 is 2.48 bits per heavy atom. The molecule has 178 valence electrons. The van der Waals surface area contributed by atoms with Crippen LogP contribution in [-0.2, 0) is 4.74 Å². The van der Waals surface area contributed by atoms with Crippen molar-refractivity contribution in [2.24, 2.45) is 0 Å². The van der Waals surface area contributed by atoms with E-state index in [0.29, 0.717) is 17.9 Å². The van der Waals surface area contributed by atoms with Crippen LogP contribution in [-0.4, -0.2) is 59.3 Å². The van der Waals surface area contributed by atoms with Gasteiger partial charge in [0.15, 0.2) is 0 Å². The van der Waals surface area contributed by atoms with Crippen molar-refractivity contribution in [3.63, 3.8) is 0 Å². The lowest BCUT2D eigenvalue weighted by molar-refractivity contribution is 0.0527. The number of esters is 1. The molecule has 0 fully saturated rings. The average Bonchev–Trinajstić information content (AvgIpc) is 3.10. The first kappa shape index (κ1) is 24.8.